The Morgan fingerprint density at radius 3 is 2.74 bits per heavy atom. The van der Waals surface area contributed by atoms with Gasteiger partial charge in [0.1, 0.15) is 0 Å². The van der Waals surface area contributed by atoms with Crippen LogP contribution in [-0.4, -0.2) is 40.2 Å². The first kappa shape index (κ1) is 18.1. The maximum Gasteiger partial charge on any atom is 0.229 e. The average molecular weight is 385 g/mol. The second-order valence-electron chi connectivity index (χ2n) is 7.27. The van der Waals surface area contributed by atoms with Gasteiger partial charge in [-0.2, -0.15) is 0 Å². The molecular weight excluding hydrogens is 362 g/mol. The number of aromatic nitrogens is 1. The summed E-state index contributed by atoms with van der Waals surface area (Å²) in [5.41, 5.74) is 1.02. The van der Waals surface area contributed by atoms with Crippen LogP contribution in [0.2, 0.25) is 0 Å². The van der Waals surface area contributed by atoms with E-state index in [-0.39, 0.29) is 29.7 Å². The molecule has 6 nitrogen and oxygen atoms in total. The number of nitrogens with one attached hydrogen (secondary N) is 1. The molecule has 1 aromatic heterocycles. The maximum absolute atomic E-state index is 12.4. The number of rotatable bonds is 6. The van der Waals surface area contributed by atoms with Crippen LogP contribution in [0.1, 0.15) is 55.9 Å². The molecule has 7 heteroatoms. The summed E-state index contributed by atoms with van der Waals surface area (Å²) in [5.74, 6) is 0.0272. The highest BCUT2D eigenvalue weighted by atomic mass is 32.1. The minimum Gasteiger partial charge on any atom is -0.353 e. The van der Waals surface area contributed by atoms with Gasteiger partial charge in [-0.15, -0.1) is 11.3 Å². The standard InChI is InChI=1S/C20H23N3O3S/c24-17(9-4-12-23-18(25)10-11-19(23)26)21-14-7-3-5-13(14)20-22-15-6-1-2-8-16(15)27-20/h1-2,6,8,13-14H,3-5,7,9-12H2,(H,21,24). The molecule has 2 aromatic rings. The van der Waals surface area contributed by atoms with Crippen molar-refractivity contribution in [3.63, 3.8) is 0 Å². The number of likely N-dealkylation sites (tertiary alicyclic amines) is 1. The second kappa shape index (κ2) is 7.76. The van der Waals surface area contributed by atoms with Gasteiger partial charge in [0.05, 0.1) is 15.2 Å². The number of hydrogen-bond acceptors (Lipinski definition) is 5. The van der Waals surface area contributed by atoms with Crippen LogP contribution >= 0.6 is 11.3 Å². The van der Waals surface area contributed by atoms with Gasteiger partial charge >= 0.3 is 0 Å². The first-order valence-corrected chi connectivity index (χ1v) is 10.4. The van der Waals surface area contributed by atoms with Crippen LogP contribution in [0.4, 0.5) is 0 Å². The molecule has 2 fully saturated rings. The number of nitrogens with zero attached hydrogens (tertiary/aromatic N) is 2. The third-order valence-corrected chi connectivity index (χ3v) is 6.60. The molecule has 2 unspecified atom stereocenters. The van der Waals surface area contributed by atoms with Crippen LogP contribution in [-0.2, 0) is 14.4 Å². The lowest BCUT2D eigenvalue weighted by Gasteiger charge is -2.19. The van der Waals surface area contributed by atoms with Gasteiger partial charge in [0.15, 0.2) is 0 Å². The largest absolute Gasteiger partial charge is 0.353 e. The van der Waals surface area contributed by atoms with Crippen LogP contribution < -0.4 is 5.32 Å². The van der Waals surface area contributed by atoms with Crippen molar-refractivity contribution >= 4 is 39.3 Å². The minimum atomic E-state index is -0.118. The Labute approximate surface area is 161 Å². The Bertz CT molecular complexity index is 829. The first-order valence-electron chi connectivity index (χ1n) is 9.60. The highest BCUT2D eigenvalue weighted by molar-refractivity contribution is 7.18. The summed E-state index contributed by atoms with van der Waals surface area (Å²) in [7, 11) is 0. The molecule has 142 valence electrons. The molecule has 27 heavy (non-hydrogen) atoms. The quantitative estimate of drug-likeness (QED) is 0.776. The number of imide groups is 1. The molecule has 1 N–H and O–H groups in total. The van der Waals surface area contributed by atoms with Gasteiger partial charge in [0.2, 0.25) is 17.7 Å². The summed E-state index contributed by atoms with van der Waals surface area (Å²) in [6.45, 7) is 0.344. The summed E-state index contributed by atoms with van der Waals surface area (Å²) in [4.78, 5) is 41.6. The fraction of sp³-hybridized carbons (Fsp3) is 0.500. The third-order valence-electron chi connectivity index (χ3n) is 5.43. The molecule has 2 aliphatic rings. The normalized spacial score (nSPS) is 22.7. The minimum absolute atomic E-state index is 0.00731. The lowest BCUT2D eigenvalue weighted by molar-refractivity contribution is -0.138. The molecule has 1 aromatic carbocycles. The van der Waals surface area contributed by atoms with E-state index >= 15 is 0 Å². The van der Waals surface area contributed by atoms with E-state index in [1.54, 1.807) is 11.3 Å². The number of fused-ring (bicyclic) bond motifs is 1. The Morgan fingerprint density at radius 1 is 1.19 bits per heavy atom. The fourth-order valence-electron chi connectivity index (χ4n) is 4.03. The van der Waals surface area contributed by atoms with Crippen molar-refractivity contribution in [1.29, 1.82) is 0 Å². The van der Waals surface area contributed by atoms with Gasteiger partial charge < -0.3 is 5.32 Å². The molecule has 2 heterocycles. The predicted octanol–water partition coefficient (Wildman–Crippen LogP) is 2.98. The number of benzene rings is 1. The van der Waals surface area contributed by atoms with Crippen molar-refractivity contribution in [3.8, 4) is 0 Å². The van der Waals surface area contributed by atoms with Crippen molar-refractivity contribution in [3.05, 3.63) is 29.3 Å². The van der Waals surface area contributed by atoms with E-state index < -0.39 is 0 Å². The van der Waals surface area contributed by atoms with E-state index in [0.717, 1.165) is 29.8 Å². The van der Waals surface area contributed by atoms with Crippen LogP contribution in [0.5, 0.6) is 0 Å². The van der Waals surface area contributed by atoms with Gasteiger partial charge in [-0.05, 0) is 31.4 Å². The van der Waals surface area contributed by atoms with Gasteiger partial charge in [-0.25, -0.2) is 4.98 Å². The zero-order valence-electron chi connectivity index (χ0n) is 15.1. The van der Waals surface area contributed by atoms with Crippen LogP contribution in [0.15, 0.2) is 24.3 Å². The van der Waals surface area contributed by atoms with E-state index in [1.165, 1.54) is 9.60 Å². The molecule has 1 saturated heterocycles. The summed E-state index contributed by atoms with van der Waals surface area (Å²) in [5, 5.41) is 4.26. The van der Waals surface area contributed by atoms with Crippen molar-refractivity contribution in [2.45, 2.75) is 56.9 Å². The number of carbonyl (C=O) groups excluding carboxylic acids is 3. The molecule has 0 radical (unpaired) electrons. The van der Waals surface area contributed by atoms with Gasteiger partial charge in [-0.1, -0.05) is 18.6 Å². The highest BCUT2D eigenvalue weighted by Gasteiger charge is 2.32. The topological polar surface area (TPSA) is 79.4 Å². The number of hydrogen-bond donors (Lipinski definition) is 1. The monoisotopic (exact) mass is 385 g/mol. The number of carbonyl (C=O) groups is 3. The predicted molar refractivity (Wildman–Crippen MR) is 103 cm³/mol. The summed E-state index contributed by atoms with van der Waals surface area (Å²) >= 11 is 1.72. The van der Waals surface area contributed by atoms with Gasteiger partial charge in [0.25, 0.3) is 0 Å². The molecule has 4 rings (SSSR count). The number of amides is 3. The molecule has 1 aliphatic carbocycles. The first-order chi connectivity index (χ1) is 13.1. The van der Waals surface area contributed by atoms with Crippen molar-refractivity contribution in [1.82, 2.24) is 15.2 Å². The second-order valence-corrected chi connectivity index (χ2v) is 8.34. The zero-order chi connectivity index (χ0) is 18.8. The van der Waals surface area contributed by atoms with Gasteiger partial charge in [-0.3, -0.25) is 19.3 Å². The Hall–Kier alpha value is -2.28. The van der Waals surface area contributed by atoms with Crippen molar-refractivity contribution < 1.29 is 14.4 Å². The Kier molecular flexibility index (Phi) is 5.20. The summed E-state index contributed by atoms with van der Waals surface area (Å²) in [6, 6.07) is 8.25. The van der Waals surface area contributed by atoms with Crippen LogP contribution in [0, 0.1) is 0 Å². The zero-order valence-corrected chi connectivity index (χ0v) is 16.0. The van der Waals surface area contributed by atoms with Gasteiger partial charge in [0, 0.05) is 37.8 Å². The molecule has 2 atom stereocenters. The third kappa shape index (κ3) is 3.88. The number of para-hydroxylation sites is 1. The molecule has 0 spiro atoms. The van der Waals surface area contributed by atoms with Crippen molar-refractivity contribution in [2.24, 2.45) is 0 Å². The molecule has 0 bridgehead atoms. The Balaban J connectivity index is 1.32. The SMILES string of the molecule is O=C(CCCN1C(=O)CCC1=O)NC1CCCC1c1nc2ccccc2s1. The lowest BCUT2D eigenvalue weighted by Crippen LogP contribution is -2.37. The van der Waals surface area contributed by atoms with E-state index in [0.29, 0.717) is 32.2 Å². The molecule has 1 saturated carbocycles. The van der Waals surface area contributed by atoms with E-state index in [4.69, 9.17) is 4.98 Å². The summed E-state index contributed by atoms with van der Waals surface area (Å²) < 4.78 is 1.18. The number of thiazole rings is 1. The molecule has 1 aliphatic heterocycles. The van der Waals surface area contributed by atoms with E-state index in [2.05, 4.69) is 11.4 Å². The molecular formula is C20H23N3O3S. The summed E-state index contributed by atoms with van der Waals surface area (Å²) in [6.07, 6.45) is 4.55. The maximum atomic E-state index is 12.4. The molecule has 3 amide bonds. The van der Waals surface area contributed by atoms with Crippen LogP contribution in [0.25, 0.3) is 10.2 Å². The average Bonchev–Trinajstić information content (AvgIpc) is 3.35. The smallest absolute Gasteiger partial charge is 0.229 e. The fourth-order valence-corrected chi connectivity index (χ4v) is 5.19. The lowest BCUT2D eigenvalue weighted by atomic mass is 10.0. The van der Waals surface area contributed by atoms with E-state index in [9.17, 15) is 14.4 Å². The highest BCUT2D eigenvalue weighted by Crippen LogP contribution is 2.38. The van der Waals surface area contributed by atoms with Crippen LogP contribution in [0.3, 0.4) is 0 Å². The van der Waals surface area contributed by atoms with E-state index in [1.807, 2.05) is 18.2 Å². The Morgan fingerprint density at radius 2 is 1.96 bits per heavy atom. The van der Waals surface area contributed by atoms with Crippen molar-refractivity contribution in [2.75, 3.05) is 6.54 Å².